The summed E-state index contributed by atoms with van der Waals surface area (Å²) >= 11 is 0. The number of hydrogen-bond acceptors (Lipinski definition) is 2. The lowest BCUT2D eigenvalue weighted by Gasteiger charge is -2.10. The fraction of sp³-hybridized carbons (Fsp3) is 0.438. The third-order valence-corrected chi connectivity index (χ3v) is 3.65. The van der Waals surface area contributed by atoms with E-state index in [2.05, 4.69) is 38.1 Å². The highest BCUT2D eigenvalue weighted by Crippen LogP contribution is 2.24. The molecule has 0 saturated heterocycles. The summed E-state index contributed by atoms with van der Waals surface area (Å²) < 4.78 is 5.59. The summed E-state index contributed by atoms with van der Waals surface area (Å²) in [6.45, 7) is 5.95. The molecule has 0 bridgehead atoms. The van der Waals surface area contributed by atoms with Crippen LogP contribution in [0, 0.1) is 0 Å². The Bertz CT molecular complexity index is 575. The second-order valence-electron chi connectivity index (χ2n) is 5.36. The first-order valence-electron chi connectivity index (χ1n) is 6.74. The van der Waals surface area contributed by atoms with E-state index >= 15 is 0 Å². The van der Waals surface area contributed by atoms with Gasteiger partial charge in [-0.05, 0) is 42.0 Å². The lowest BCUT2D eigenvalue weighted by Crippen LogP contribution is -1.98. The van der Waals surface area contributed by atoms with E-state index in [4.69, 9.17) is 9.72 Å². The van der Waals surface area contributed by atoms with E-state index < -0.39 is 0 Å². The highest BCUT2D eigenvalue weighted by atomic mass is 16.5. The van der Waals surface area contributed by atoms with E-state index in [-0.39, 0.29) is 0 Å². The van der Waals surface area contributed by atoms with Gasteiger partial charge in [0.05, 0.1) is 17.8 Å². The van der Waals surface area contributed by atoms with Gasteiger partial charge in [0.25, 0.3) is 0 Å². The Morgan fingerprint density at radius 3 is 2.94 bits per heavy atom. The van der Waals surface area contributed by atoms with Crippen LogP contribution in [0.3, 0.4) is 0 Å². The molecule has 2 heterocycles. The molecule has 1 aliphatic rings. The molecule has 18 heavy (non-hydrogen) atoms. The topological polar surface area (TPSA) is 22.1 Å². The van der Waals surface area contributed by atoms with Gasteiger partial charge in [-0.3, -0.25) is 4.98 Å². The Labute approximate surface area is 108 Å². The summed E-state index contributed by atoms with van der Waals surface area (Å²) in [5.41, 5.74) is 4.94. The van der Waals surface area contributed by atoms with Gasteiger partial charge in [0.1, 0.15) is 0 Å². The van der Waals surface area contributed by atoms with Crippen molar-refractivity contribution in [1.29, 1.82) is 0 Å². The smallest absolute Gasteiger partial charge is 0.0890 e. The summed E-state index contributed by atoms with van der Waals surface area (Å²) in [5, 5.41) is 1.25. The molecule has 0 N–H and O–H groups in total. The lowest BCUT2D eigenvalue weighted by molar-refractivity contribution is 0.123. The first kappa shape index (κ1) is 11.7. The van der Waals surface area contributed by atoms with Gasteiger partial charge in [-0.1, -0.05) is 26.0 Å². The average molecular weight is 241 g/mol. The molecule has 0 atom stereocenters. The Morgan fingerprint density at radius 1 is 1.22 bits per heavy atom. The van der Waals surface area contributed by atoms with Crippen LogP contribution in [0.2, 0.25) is 0 Å². The Hall–Kier alpha value is -1.41. The zero-order valence-corrected chi connectivity index (χ0v) is 11.1. The standard InChI is InChI=1S/C16H19NO/c1-11(2)12-5-6-14-8-13-4-3-7-18-10-16(13)17-15(14)9-12/h5-6,8-9,11H,3-4,7,10H2,1-2H3. The van der Waals surface area contributed by atoms with Crippen LogP contribution >= 0.6 is 0 Å². The normalized spacial score (nSPS) is 15.7. The molecule has 0 unspecified atom stereocenters. The van der Waals surface area contributed by atoms with E-state index in [1.54, 1.807) is 0 Å². The molecule has 3 rings (SSSR count). The summed E-state index contributed by atoms with van der Waals surface area (Å²) in [4.78, 5) is 4.79. The zero-order valence-electron chi connectivity index (χ0n) is 11.1. The number of benzene rings is 1. The van der Waals surface area contributed by atoms with Crippen molar-refractivity contribution in [3.05, 3.63) is 41.1 Å². The van der Waals surface area contributed by atoms with Gasteiger partial charge in [-0.25, -0.2) is 0 Å². The van der Waals surface area contributed by atoms with Crippen LogP contribution < -0.4 is 0 Å². The van der Waals surface area contributed by atoms with Crippen LogP contribution in [0.15, 0.2) is 24.3 Å². The number of fused-ring (bicyclic) bond motifs is 2. The zero-order chi connectivity index (χ0) is 12.5. The Morgan fingerprint density at radius 2 is 2.11 bits per heavy atom. The number of aromatic nitrogens is 1. The number of ether oxygens (including phenoxy) is 1. The number of hydrogen-bond donors (Lipinski definition) is 0. The van der Waals surface area contributed by atoms with Gasteiger partial charge in [0, 0.05) is 12.0 Å². The van der Waals surface area contributed by atoms with Crippen molar-refractivity contribution < 1.29 is 4.74 Å². The molecule has 0 amide bonds. The maximum Gasteiger partial charge on any atom is 0.0890 e. The number of pyridine rings is 1. The lowest BCUT2D eigenvalue weighted by atomic mass is 9.99. The molecule has 0 spiro atoms. The minimum Gasteiger partial charge on any atom is -0.375 e. The fourth-order valence-corrected chi connectivity index (χ4v) is 2.50. The predicted molar refractivity (Wildman–Crippen MR) is 73.8 cm³/mol. The van der Waals surface area contributed by atoms with Crippen LogP contribution in [-0.2, 0) is 17.8 Å². The quantitative estimate of drug-likeness (QED) is 0.757. The second-order valence-corrected chi connectivity index (χ2v) is 5.36. The SMILES string of the molecule is CC(C)c1ccc2cc3c(nc2c1)COCCC3. The van der Waals surface area contributed by atoms with Crippen molar-refractivity contribution >= 4 is 10.9 Å². The summed E-state index contributed by atoms with van der Waals surface area (Å²) in [7, 11) is 0. The van der Waals surface area contributed by atoms with Gasteiger partial charge in [-0.2, -0.15) is 0 Å². The van der Waals surface area contributed by atoms with Crippen LogP contribution in [0.4, 0.5) is 0 Å². The van der Waals surface area contributed by atoms with Gasteiger partial charge < -0.3 is 4.74 Å². The number of nitrogens with zero attached hydrogens (tertiary/aromatic N) is 1. The molecular weight excluding hydrogens is 222 g/mol. The minimum absolute atomic E-state index is 0.547. The Balaban J connectivity index is 2.13. The monoisotopic (exact) mass is 241 g/mol. The largest absolute Gasteiger partial charge is 0.375 e. The van der Waals surface area contributed by atoms with Crippen molar-refractivity contribution in [3.8, 4) is 0 Å². The molecular formula is C16H19NO. The van der Waals surface area contributed by atoms with Crippen LogP contribution in [0.1, 0.15) is 43.0 Å². The summed E-state index contributed by atoms with van der Waals surface area (Å²) in [6.07, 6.45) is 2.19. The molecule has 2 heteroatoms. The number of aryl methyl sites for hydroxylation is 1. The van der Waals surface area contributed by atoms with E-state index in [9.17, 15) is 0 Å². The van der Waals surface area contributed by atoms with Gasteiger partial charge in [-0.15, -0.1) is 0 Å². The maximum atomic E-state index is 5.59. The van der Waals surface area contributed by atoms with E-state index in [0.717, 1.165) is 30.7 Å². The molecule has 1 aromatic heterocycles. The predicted octanol–water partition coefficient (Wildman–Crippen LogP) is 3.82. The molecule has 0 aliphatic carbocycles. The van der Waals surface area contributed by atoms with Crippen molar-refractivity contribution in [2.45, 2.75) is 39.2 Å². The summed E-state index contributed by atoms with van der Waals surface area (Å²) in [6, 6.07) is 8.92. The molecule has 0 fully saturated rings. The first-order valence-corrected chi connectivity index (χ1v) is 6.74. The summed E-state index contributed by atoms with van der Waals surface area (Å²) in [5.74, 6) is 0.547. The second kappa shape index (κ2) is 4.69. The van der Waals surface area contributed by atoms with Gasteiger partial charge >= 0.3 is 0 Å². The van der Waals surface area contributed by atoms with Crippen molar-refractivity contribution in [3.63, 3.8) is 0 Å². The third kappa shape index (κ3) is 2.13. The molecule has 2 nitrogen and oxygen atoms in total. The fourth-order valence-electron chi connectivity index (χ4n) is 2.50. The first-order chi connectivity index (χ1) is 8.74. The number of rotatable bonds is 1. The molecule has 94 valence electrons. The van der Waals surface area contributed by atoms with E-state index in [0.29, 0.717) is 12.5 Å². The molecule has 1 aliphatic heterocycles. The van der Waals surface area contributed by atoms with Crippen LogP contribution in [0.25, 0.3) is 10.9 Å². The third-order valence-electron chi connectivity index (χ3n) is 3.65. The van der Waals surface area contributed by atoms with Crippen LogP contribution in [0.5, 0.6) is 0 Å². The van der Waals surface area contributed by atoms with Crippen LogP contribution in [-0.4, -0.2) is 11.6 Å². The highest BCUT2D eigenvalue weighted by Gasteiger charge is 2.11. The van der Waals surface area contributed by atoms with Gasteiger partial charge in [0.15, 0.2) is 0 Å². The molecule has 2 aromatic rings. The molecule has 1 aromatic carbocycles. The van der Waals surface area contributed by atoms with Crippen molar-refractivity contribution in [2.75, 3.05) is 6.61 Å². The molecule has 0 radical (unpaired) electrons. The Kier molecular flexibility index (Phi) is 3.04. The van der Waals surface area contributed by atoms with Crippen molar-refractivity contribution in [2.24, 2.45) is 0 Å². The van der Waals surface area contributed by atoms with E-state index in [1.165, 1.54) is 16.5 Å². The van der Waals surface area contributed by atoms with E-state index in [1.807, 2.05) is 0 Å². The average Bonchev–Trinajstić information content (AvgIpc) is 2.59. The minimum atomic E-state index is 0.547. The van der Waals surface area contributed by atoms with Crippen molar-refractivity contribution in [1.82, 2.24) is 4.98 Å². The van der Waals surface area contributed by atoms with Gasteiger partial charge in [0.2, 0.25) is 0 Å². The molecule has 0 saturated carbocycles. The maximum absolute atomic E-state index is 5.59. The highest BCUT2D eigenvalue weighted by molar-refractivity contribution is 5.80.